The Morgan fingerprint density at radius 3 is 1.95 bits per heavy atom. The Morgan fingerprint density at radius 1 is 0.818 bits per heavy atom. The maximum absolute atomic E-state index is 10.5. The van der Waals surface area contributed by atoms with Crippen LogP contribution in [0.4, 0.5) is 0 Å². The highest BCUT2D eigenvalue weighted by molar-refractivity contribution is 5.12. The average Bonchev–Trinajstić information content (AvgIpc) is 2.51. The molecule has 2 heterocycles. The second kappa shape index (κ2) is 6.61. The third-order valence-corrected chi connectivity index (χ3v) is 4.14. The molecule has 1 radical (unpaired) electrons. The molecule has 2 aliphatic heterocycles. The third kappa shape index (κ3) is 2.76. The van der Waals surface area contributed by atoms with Gasteiger partial charge < -0.3 is 50.3 Å². The molecule has 10 heteroatoms. The SMILES string of the molecule is OC[C@H]1O[CH][C@@](O)([C@@H]2O[C@H](CO)[C@@H](O)[C@H](O)[C@H]2O)[C@@H](O)[C@@H]1O. The lowest BCUT2D eigenvalue weighted by Crippen LogP contribution is -2.72. The van der Waals surface area contributed by atoms with Crippen LogP contribution < -0.4 is 0 Å². The summed E-state index contributed by atoms with van der Waals surface area (Å²) < 4.78 is 10.1. The van der Waals surface area contributed by atoms with Gasteiger partial charge in [-0.05, 0) is 0 Å². The maximum Gasteiger partial charge on any atom is 0.150 e. The van der Waals surface area contributed by atoms with Gasteiger partial charge in [-0.1, -0.05) is 0 Å². The quantitative estimate of drug-likeness (QED) is 0.250. The van der Waals surface area contributed by atoms with Crippen LogP contribution in [0.5, 0.6) is 0 Å². The van der Waals surface area contributed by atoms with Gasteiger partial charge in [-0.25, -0.2) is 0 Å². The van der Waals surface area contributed by atoms with Crippen molar-refractivity contribution in [1.82, 2.24) is 0 Å². The molecule has 8 N–H and O–H groups in total. The first-order chi connectivity index (χ1) is 10.3. The van der Waals surface area contributed by atoms with E-state index in [9.17, 15) is 30.6 Å². The van der Waals surface area contributed by atoms with Crippen LogP contribution >= 0.6 is 0 Å². The standard InChI is InChI=1S/C12H21O10/c13-1-4-7(16)10(19)12(20,3-21-4)11-9(18)8(17)6(15)5(2-14)22-11/h3-11,13-20H,1-2H2/t4-,5-,6-,7-,8+,9-,10+,11-,12+/m1/s1. The van der Waals surface area contributed by atoms with Crippen molar-refractivity contribution in [2.24, 2.45) is 0 Å². The summed E-state index contributed by atoms with van der Waals surface area (Å²) in [6.45, 7) is -0.645. The summed E-state index contributed by atoms with van der Waals surface area (Å²) >= 11 is 0. The van der Waals surface area contributed by atoms with Gasteiger partial charge in [-0.15, -0.1) is 0 Å². The van der Waals surface area contributed by atoms with Gasteiger partial charge in [0.15, 0.2) is 5.60 Å². The maximum atomic E-state index is 10.5. The molecule has 0 aromatic rings. The van der Waals surface area contributed by atoms with E-state index < -0.39 is 67.6 Å². The number of aliphatic hydroxyl groups excluding tert-OH is 7. The average molecular weight is 325 g/mol. The monoisotopic (exact) mass is 325 g/mol. The van der Waals surface area contributed by atoms with Crippen molar-refractivity contribution in [2.75, 3.05) is 13.2 Å². The molecule has 0 aromatic carbocycles. The van der Waals surface area contributed by atoms with E-state index in [1.165, 1.54) is 0 Å². The van der Waals surface area contributed by atoms with Crippen LogP contribution in [-0.4, -0.2) is 108 Å². The van der Waals surface area contributed by atoms with E-state index in [1.807, 2.05) is 0 Å². The highest BCUT2D eigenvalue weighted by Gasteiger charge is 2.60. The van der Waals surface area contributed by atoms with Crippen molar-refractivity contribution in [3.63, 3.8) is 0 Å². The molecule has 0 amide bonds. The lowest BCUT2D eigenvalue weighted by Gasteiger charge is -2.51. The molecule has 10 nitrogen and oxygen atoms in total. The van der Waals surface area contributed by atoms with Gasteiger partial charge in [0.05, 0.1) is 13.2 Å². The minimum atomic E-state index is -2.43. The zero-order valence-electron chi connectivity index (χ0n) is 11.5. The fourth-order valence-electron chi connectivity index (χ4n) is 2.69. The molecule has 0 aliphatic carbocycles. The van der Waals surface area contributed by atoms with E-state index in [4.69, 9.17) is 19.7 Å². The molecule has 2 fully saturated rings. The molecule has 0 saturated carbocycles. The Hall–Kier alpha value is -0.400. The van der Waals surface area contributed by atoms with E-state index in [2.05, 4.69) is 0 Å². The summed E-state index contributed by atoms with van der Waals surface area (Å²) in [5.41, 5.74) is -2.43. The minimum Gasteiger partial charge on any atom is -0.394 e. The molecule has 2 rings (SSSR count). The molecule has 0 aromatic heterocycles. The van der Waals surface area contributed by atoms with Crippen molar-refractivity contribution in [2.45, 2.75) is 54.4 Å². The Morgan fingerprint density at radius 2 is 1.41 bits per heavy atom. The topological polar surface area (TPSA) is 180 Å². The Labute approximate surface area is 125 Å². The number of aliphatic hydroxyl groups is 8. The molecule has 129 valence electrons. The fraction of sp³-hybridized carbons (Fsp3) is 0.917. The lowest BCUT2D eigenvalue weighted by molar-refractivity contribution is -0.308. The minimum absolute atomic E-state index is 0.626. The molecule has 22 heavy (non-hydrogen) atoms. The van der Waals surface area contributed by atoms with Crippen molar-refractivity contribution in [3.05, 3.63) is 6.61 Å². The van der Waals surface area contributed by atoms with Gasteiger partial charge in [-0.3, -0.25) is 0 Å². The predicted octanol–water partition coefficient (Wildman–Crippen LogP) is -5.17. The zero-order valence-corrected chi connectivity index (χ0v) is 11.5. The fourth-order valence-corrected chi connectivity index (χ4v) is 2.69. The summed E-state index contributed by atoms with van der Waals surface area (Å²) in [5, 5.41) is 77.9. The first-order valence-electron chi connectivity index (χ1n) is 6.77. The van der Waals surface area contributed by atoms with Gasteiger partial charge in [0, 0.05) is 0 Å². The number of ether oxygens (including phenoxy) is 2. The first kappa shape index (κ1) is 17.9. The summed E-state index contributed by atoms with van der Waals surface area (Å²) in [6, 6.07) is 0. The van der Waals surface area contributed by atoms with Crippen LogP contribution in [0.2, 0.25) is 0 Å². The van der Waals surface area contributed by atoms with Gasteiger partial charge in [0.25, 0.3) is 0 Å². The third-order valence-electron chi connectivity index (χ3n) is 4.14. The van der Waals surface area contributed by atoms with Crippen molar-refractivity contribution < 1.29 is 50.3 Å². The van der Waals surface area contributed by atoms with Crippen molar-refractivity contribution >= 4 is 0 Å². The summed E-state index contributed by atoms with van der Waals surface area (Å²) in [4.78, 5) is 0. The molecule has 2 aliphatic rings. The van der Waals surface area contributed by atoms with E-state index in [0.29, 0.717) is 6.61 Å². The smallest absolute Gasteiger partial charge is 0.150 e. The van der Waals surface area contributed by atoms with Crippen LogP contribution in [0.25, 0.3) is 0 Å². The van der Waals surface area contributed by atoms with Gasteiger partial charge in [0.1, 0.15) is 55.4 Å². The predicted molar refractivity (Wildman–Crippen MR) is 67.0 cm³/mol. The molecule has 0 spiro atoms. The van der Waals surface area contributed by atoms with Gasteiger partial charge >= 0.3 is 0 Å². The second-order valence-corrected chi connectivity index (χ2v) is 5.55. The second-order valence-electron chi connectivity index (χ2n) is 5.55. The normalized spacial score (nSPS) is 53.5. The van der Waals surface area contributed by atoms with E-state index in [1.54, 1.807) is 0 Å². The van der Waals surface area contributed by atoms with E-state index in [-0.39, 0.29) is 0 Å². The van der Waals surface area contributed by atoms with Crippen LogP contribution in [-0.2, 0) is 9.47 Å². The number of hydrogen-bond donors (Lipinski definition) is 8. The number of hydrogen-bond acceptors (Lipinski definition) is 10. The molecule has 9 atom stereocenters. The molecule has 0 bridgehead atoms. The van der Waals surface area contributed by atoms with Gasteiger partial charge in [0.2, 0.25) is 0 Å². The molecular formula is C12H21O10. The van der Waals surface area contributed by atoms with E-state index >= 15 is 0 Å². The van der Waals surface area contributed by atoms with Gasteiger partial charge in [-0.2, -0.15) is 0 Å². The summed E-state index contributed by atoms with van der Waals surface area (Å²) in [7, 11) is 0. The van der Waals surface area contributed by atoms with Crippen molar-refractivity contribution in [3.8, 4) is 0 Å². The molecule has 2 saturated heterocycles. The first-order valence-corrected chi connectivity index (χ1v) is 6.77. The lowest BCUT2D eigenvalue weighted by atomic mass is 9.78. The largest absolute Gasteiger partial charge is 0.394 e. The Balaban J connectivity index is 2.24. The highest BCUT2D eigenvalue weighted by atomic mass is 16.6. The van der Waals surface area contributed by atoms with Crippen LogP contribution in [0, 0.1) is 6.61 Å². The Bertz CT molecular complexity index is 379. The number of rotatable bonds is 3. The highest BCUT2D eigenvalue weighted by Crippen LogP contribution is 2.37. The van der Waals surface area contributed by atoms with E-state index in [0.717, 1.165) is 0 Å². The summed E-state index contributed by atoms with van der Waals surface area (Å²) in [6.07, 6.45) is -13.0. The van der Waals surface area contributed by atoms with Crippen molar-refractivity contribution in [1.29, 1.82) is 0 Å². The zero-order chi connectivity index (χ0) is 16.7. The van der Waals surface area contributed by atoms with Crippen LogP contribution in [0.3, 0.4) is 0 Å². The van der Waals surface area contributed by atoms with Crippen LogP contribution in [0.15, 0.2) is 0 Å². The molecule has 0 unspecified atom stereocenters. The molecular weight excluding hydrogens is 304 g/mol. The Kier molecular flexibility index (Phi) is 5.39. The summed E-state index contributed by atoms with van der Waals surface area (Å²) in [5.74, 6) is 0. The van der Waals surface area contributed by atoms with Crippen LogP contribution in [0.1, 0.15) is 0 Å².